The lowest BCUT2D eigenvalue weighted by Gasteiger charge is -2.26. The van der Waals surface area contributed by atoms with Crippen LogP contribution in [0, 0.1) is 0 Å². The molecule has 1 fully saturated rings. The zero-order chi connectivity index (χ0) is 15.9. The summed E-state index contributed by atoms with van der Waals surface area (Å²) in [6.07, 6.45) is 5.20. The molecule has 5 rings (SSSR count). The van der Waals surface area contributed by atoms with Crippen molar-refractivity contribution in [2.45, 2.75) is 44.3 Å². The maximum Gasteiger partial charge on any atom is 0.173 e. The van der Waals surface area contributed by atoms with E-state index in [1.165, 1.54) is 36.9 Å². The van der Waals surface area contributed by atoms with Crippen LogP contribution in [-0.2, 0) is 6.54 Å². The van der Waals surface area contributed by atoms with Crippen molar-refractivity contribution >= 4 is 39.5 Å². The van der Waals surface area contributed by atoms with E-state index >= 15 is 0 Å². The second kappa shape index (κ2) is 6.15. The SMILES string of the molecule is C1=C(CSC2=N[C@@H]3CCCC[C@H]3N2)N2Cc3ccccc3N=C2S1. The number of amidine groups is 2. The predicted molar refractivity (Wildman–Crippen MR) is 104 cm³/mol. The molecule has 1 aromatic rings. The number of hydrogen-bond acceptors (Lipinski definition) is 6. The van der Waals surface area contributed by atoms with Crippen LogP contribution in [0.25, 0.3) is 0 Å². The normalized spacial score (nSPS) is 27.5. The van der Waals surface area contributed by atoms with Gasteiger partial charge in [-0.3, -0.25) is 4.99 Å². The van der Waals surface area contributed by atoms with Gasteiger partial charge in [0, 0.05) is 11.4 Å². The Kier molecular flexibility index (Phi) is 3.82. The highest BCUT2D eigenvalue weighted by Gasteiger charge is 2.32. The van der Waals surface area contributed by atoms with Crippen LogP contribution in [0.5, 0.6) is 0 Å². The van der Waals surface area contributed by atoms with Gasteiger partial charge in [-0.25, -0.2) is 4.99 Å². The Morgan fingerprint density at radius 3 is 3.12 bits per heavy atom. The average molecular weight is 357 g/mol. The number of nitrogens with zero attached hydrogens (tertiary/aromatic N) is 3. The first kappa shape index (κ1) is 14.9. The molecule has 0 spiro atoms. The maximum absolute atomic E-state index is 4.90. The van der Waals surface area contributed by atoms with Gasteiger partial charge >= 0.3 is 0 Å². The summed E-state index contributed by atoms with van der Waals surface area (Å²) >= 11 is 3.59. The predicted octanol–water partition coefficient (Wildman–Crippen LogP) is 4.08. The third kappa shape index (κ3) is 2.65. The van der Waals surface area contributed by atoms with Crippen molar-refractivity contribution < 1.29 is 0 Å². The van der Waals surface area contributed by atoms with Crippen molar-refractivity contribution in [1.29, 1.82) is 0 Å². The minimum atomic E-state index is 0.521. The third-order valence-corrected chi connectivity index (χ3v) is 6.94. The zero-order valence-electron chi connectivity index (χ0n) is 13.4. The molecule has 0 aromatic heterocycles. The fourth-order valence-corrected chi connectivity index (χ4v) is 5.75. The Bertz CT molecular complexity index is 755. The first-order valence-corrected chi connectivity index (χ1v) is 10.5. The number of thioether (sulfide) groups is 2. The van der Waals surface area contributed by atoms with Crippen LogP contribution < -0.4 is 5.32 Å². The van der Waals surface area contributed by atoms with E-state index in [1.54, 1.807) is 11.8 Å². The summed E-state index contributed by atoms with van der Waals surface area (Å²) < 4.78 is 0. The monoisotopic (exact) mass is 356 g/mol. The van der Waals surface area contributed by atoms with Crippen LogP contribution >= 0.6 is 23.5 Å². The lowest BCUT2D eigenvalue weighted by atomic mass is 9.92. The molecule has 0 radical (unpaired) electrons. The Hall–Kier alpha value is -1.40. The molecule has 1 aromatic carbocycles. The molecule has 0 amide bonds. The summed E-state index contributed by atoms with van der Waals surface area (Å²) in [5, 5.41) is 8.13. The highest BCUT2D eigenvalue weighted by atomic mass is 32.2. The quantitative estimate of drug-likeness (QED) is 0.867. The van der Waals surface area contributed by atoms with E-state index in [9.17, 15) is 0 Å². The van der Waals surface area contributed by atoms with Crippen molar-refractivity contribution in [1.82, 2.24) is 10.2 Å². The molecule has 0 saturated heterocycles. The summed E-state index contributed by atoms with van der Waals surface area (Å²) in [5.41, 5.74) is 3.77. The maximum atomic E-state index is 4.90. The molecule has 3 aliphatic heterocycles. The van der Waals surface area contributed by atoms with Crippen LogP contribution in [0.15, 0.2) is 45.4 Å². The molecule has 1 N–H and O–H groups in total. The molecule has 4 aliphatic rings. The second-order valence-corrected chi connectivity index (χ2v) is 8.46. The summed E-state index contributed by atoms with van der Waals surface area (Å²) in [6, 6.07) is 9.55. The molecule has 1 aliphatic carbocycles. The molecular weight excluding hydrogens is 336 g/mol. The Morgan fingerprint density at radius 2 is 2.17 bits per heavy atom. The van der Waals surface area contributed by atoms with Crippen molar-refractivity contribution in [3.05, 3.63) is 40.9 Å². The zero-order valence-corrected chi connectivity index (χ0v) is 15.1. The number of para-hydroxylation sites is 1. The molecule has 0 unspecified atom stereocenters. The Morgan fingerprint density at radius 1 is 1.25 bits per heavy atom. The highest BCUT2D eigenvalue weighted by Crippen LogP contribution is 2.38. The Labute approximate surface area is 150 Å². The van der Waals surface area contributed by atoms with Gasteiger partial charge in [0.15, 0.2) is 10.3 Å². The van der Waals surface area contributed by atoms with Crippen molar-refractivity contribution in [2.75, 3.05) is 5.75 Å². The van der Waals surface area contributed by atoms with Crippen LogP contribution in [0.4, 0.5) is 5.69 Å². The van der Waals surface area contributed by atoms with E-state index in [0.29, 0.717) is 12.1 Å². The molecule has 1 saturated carbocycles. The summed E-state index contributed by atoms with van der Waals surface area (Å²) in [4.78, 5) is 12.0. The van der Waals surface area contributed by atoms with E-state index in [1.807, 2.05) is 11.8 Å². The number of nitrogens with one attached hydrogen (secondary N) is 1. The van der Waals surface area contributed by atoms with Crippen LogP contribution in [0.1, 0.15) is 31.2 Å². The average Bonchev–Trinajstić information content (AvgIpc) is 3.21. The van der Waals surface area contributed by atoms with E-state index in [-0.39, 0.29) is 0 Å². The lowest BCUT2D eigenvalue weighted by molar-refractivity contribution is 0.385. The van der Waals surface area contributed by atoms with Crippen molar-refractivity contribution in [3.8, 4) is 0 Å². The molecule has 2 atom stereocenters. The molecule has 3 heterocycles. The fourth-order valence-electron chi connectivity index (χ4n) is 3.77. The fraction of sp³-hybridized carbons (Fsp3) is 0.444. The molecular formula is C18H20N4S2. The van der Waals surface area contributed by atoms with Crippen LogP contribution in [-0.4, -0.2) is 33.1 Å². The van der Waals surface area contributed by atoms with Gasteiger partial charge in [0.25, 0.3) is 0 Å². The molecule has 6 heteroatoms. The van der Waals surface area contributed by atoms with Crippen LogP contribution in [0.2, 0.25) is 0 Å². The number of rotatable bonds is 2. The largest absolute Gasteiger partial charge is 0.360 e. The number of benzene rings is 1. The van der Waals surface area contributed by atoms with E-state index in [4.69, 9.17) is 9.98 Å². The first-order chi connectivity index (χ1) is 11.9. The van der Waals surface area contributed by atoms with Gasteiger partial charge in [-0.05, 0) is 29.9 Å². The summed E-state index contributed by atoms with van der Waals surface area (Å²) in [5.74, 6) is 0.958. The molecule has 4 nitrogen and oxygen atoms in total. The second-order valence-electron chi connectivity index (χ2n) is 6.66. The van der Waals surface area contributed by atoms with Crippen molar-refractivity contribution in [3.63, 3.8) is 0 Å². The smallest absolute Gasteiger partial charge is 0.173 e. The minimum Gasteiger partial charge on any atom is -0.360 e. The van der Waals surface area contributed by atoms with Crippen LogP contribution in [0.3, 0.4) is 0 Å². The topological polar surface area (TPSA) is 40.0 Å². The summed E-state index contributed by atoms with van der Waals surface area (Å²) in [6.45, 7) is 0.930. The Balaban J connectivity index is 1.25. The van der Waals surface area contributed by atoms with Gasteiger partial charge in [0.2, 0.25) is 0 Å². The van der Waals surface area contributed by atoms with E-state index in [2.05, 4.69) is 39.9 Å². The standard InChI is InChI=1S/C18H20N4S2/c1-2-6-14-12(5-1)9-22-13(11-24-18(22)21-14)10-23-17-19-15-7-3-4-8-16(15)20-17/h1-2,5-6,11,15-16H,3-4,7-10H2,(H,19,20)/t15-,16-/m1/s1. The number of aliphatic imine (C=N–C) groups is 2. The molecule has 124 valence electrons. The number of hydrogen-bond donors (Lipinski definition) is 1. The molecule has 24 heavy (non-hydrogen) atoms. The van der Waals surface area contributed by atoms with E-state index in [0.717, 1.165) is 28.3 Å². The van der Waals surface area contributed by atoms with E-state index < -0.39 is 0 Å². The number of fused-ring (bicyclic) bond motifs is 3. The minimum absolute atomic E-state index is 0.521. The summed E-state index contributed by atoms with van der Waals surface area (Å²) in [7, 11) is 0. The van der Waals surface area contributed by atoms with Gasteiger partial charge in [0.05, 0.1) is 24.3 Å². The highest BCUT2D eigenvalue weighted by molar-refractivity contribution is 8.17. The third-order valence-electron chi connectivity index (χ3n) is 5.09. The van der Waals surface area contributed by atoms with Gasteiger partial charge in [0.1, 0.15) is 0 Å². The van der Waals surface area contributed by atoms with Gasteiger partial charge in [-0.1, -0.05) is 54.6 Å². The van der Waals surface area contributed by atoms with Gasteiger partial charge in [-0.15, -0.1) is 0 Å². The molecule has 0 bridgehead atoms. The van der Waals surface area contributed by atoms with Gasteiger partial charge < -0.3 is 10.2 Å². The van der Waals surface area contributed by atoms with Gasteiger partial charge in [-0.2, -0.15) is 0 Å². The first-order valence-electron chi connectivity index (χ1n) is 8.64. The lowest BCUT2D eigenvalue weighted by Crippen LogP contribution is -2.36. The van der Waals surface area contributed by atoms with Crippen molar-refractivity contribution in [2.24, 2.45) is 9.98 Å².